The highest BCUT2D eigenvalue weighted by Gasteiger charge is 2.12. The fourth-order valence-electron chi connectivity index (χ4n) is 1.58. The average molecular weight is 254 g/mol. The second kappa shape index (κ2) is 4.49. The van der Waals surface area contributed by atoms with Gasteiger partial charge in [0.2, 0.25) is 11.6 Å². The molecular formula is C13H10N4O2. The maximum atomic E-state index is 9.41. The monoisotopic (exact) mass is 254 g/mol. The van der Waals surface area contributed by atoms with E-state index in [9.17, 15) is 5.11 Å². The highest BCUT2D eigenvalue weighted by atomic mass is 16.5. The van der Waals surface area contributed by atoms with E-state index in [-0.39, 0.29) is 5.75 Å². The Balaban J connectivity index is 1.97. The third-order valence-electron chi connectivity index (χ3n) is 2.50. The molecule has 0 aliphatic heterocycles. The van der Waals surface area contributed by atoms with E-state index in [1.54, 1.807) is 36.7 Å². The molecule has 6 heteroatoms. The molecule has 19 heavy (non-hydrogen) atoms. The molecule has 0 atom stereocenters. The lowest BCUT2D eigenvalue weighted by molar-refractivity contribution is 0.431. The summed E-state index contributed by atoms with van der Waals surface area (Å²) in [5.41, 5.74) is 1.60. The molecule has 0 aliphatic carbocycles. The van der Waals surface area contributed by atoms with E-state index in [0.717, 1.165) is 5.56 Å². The van der Waals surface area contributed by atoms with Gasteiger partial charge in [0.25, 0.3) is 5.89 Å². The molecule has 2 aromatic heterocycles. The minimum absolute atomic E-state index is 0.142. The van der Waals surface area contributed by atoms with Crippen molar-refractivity contribution in [2.75, 3.05) is 0 Å². The number of benzene rings is 1. The molecule has 1 N–H and O–H groups in total. The van der Waals surface area contributed by atoms with E-state index in [2.05, 4.69) is 20.1 Å². The minimum atomic E-state index is 0.142. The lowest BCUT2D eigenvalue weighted by atomic mass is 10.2. The van der Waals surface area contributed by atoms with E-state index in [1.165, 1.54) is 0 Å². The Hall–Kier alpha value is -2.76. The van der Waals surface area contributed by atoms with Crippen molar-refractivity contribution in [2.45, 2.75) is 6.92 Å². The number of aryl methyl sites for hydroxylation is 1. The SMILES string of the molecule is Cc1cnc(-c2noc(-c3cccc(O)c3)n2)nc1. The summed E-state index contributed by atoms with van der Waals surface area (Å²) in [5, 5.41) is 13.2. The minimum Gasteiger partial charge on any atom is -0.508 e. The standard InChI is InChI=1S/C13H10N4O2/c1-8-6-14-11(15-7-8)12-16-13(19-17-12)9-3-2-4-10(18)5-9/h2-7,18H,1H3. The molecular weight excluding hydrogens is 244 g/mol. The van der Waals surface area contributed by atoms with E-state index in [0.29, 0.717) is 23.1 Å². The van der Waals surface area contributed by atoms with Gasteiger partial charge in [-0.25, -0.2) is 9.97 Å². The molecule has 0 aliphatic rings. The number of rotatable bonds is 2. The van der Waals surface area contributed by atoms with Crippen LogP contribution in [0.15, 0.2) is 41.2 Å². The molecule has 0 saturated carbocycles. The molecule has 6 nitrogen and oxygen atoms in total. The maximum absolute atomic E-state index is 9.41. The van der Waals surface area contributed by atoms with Crippen molar-refractivity contribution in [1.82, 2.24) is 20.1 Å². The number of hydrogen-bond donors (Lipinski definition) is 1. The topological polar surface area (TPSA) is 84.9 Å². The molecule has 0 unspecified atom stereocenters. The van der Waals surface area contributed by atoms with Crippen LogP contribution in [-0.2, 0) is 0 Å². The number of nitrogens with zero attached hydrogens (tertiary/aromatic N) is 4. The zero-order chi connectivity index (χ0) is 13.2. The Morgan fingerprint density at radius 3 is 2.63 bits per heavy atom. The van der Waals surface area contributed by atoms with E-state index < -0.39 is 0 Å². The number of phenols is 1. The van der Waals surface area contributed by atoms with Gasteiger partial charge in [-0.1, -0.05) is 11.2 Å². The first-order valence-corrected chi connectivity index (χ1v) is 5.64. The van der Waals surface area contributed by atoms with Gasteiger partial charge >= 0.3 is 0 Å². The third-order valence-corrected chi connectivity index (χ3v) is 2.50. The molecule has 1 aromatic carbocycles. The van der Waals surface area contributed by atoms with Crippen LogP contribution >= 0.6 is 0 Å². The van der Waals surface area contributed by atoms with Crippen LogP contribution in [0.25, 0.3) is 23.1 Å². The lowest BCUT2D eigenvalue weighted by Gasteiger charge is -1.94. The molecule has 0 saturated heterocycles. The van der Waals surface area contributed by atoms with Crippen LogP contribution in [-0.4, -0.2) is 25.2 Å². The molecule has 0 bridgehead atoms. The number of aromatic nitrogens is 4. The van der Waals surface area contributed by atoms with Gasteiger partial charge in [-0.2, -0.15) is 4.98 Å². The normalized spacial score (nSPS) is 10.6. The molecule has 3 aromatic rings. The summed E-state index contributed by atoms with van der Waals surface area (Å²) in [4.78, 5) is 12.5. The van der Waals surface area contributed by atoms with Crippen LogP contribution in [0.4, 0.5) is 0 Å². The van der Waals surface area contributed by atoms with Crippen LogP contribution < -0.4 is 0 Å². The maximum Gasteiger partial charge on any atom is 0.258 e. The summed E-state index contributed by atoms with van der Waals surface area (Å²) >= 11 is 0. The molecule has 3 rings (SSSR count). The van der Waals surface area contributed by atoms with Crippen molar-refractivity contribution >= 4 is 0 Å². The Kier molecular flexibility index (Phi) is 2.68. The van der Waals surface area contributed by atoms with Crippen molar-refractivity contribution < 1.29 is 9.63 Å². The number of phenolic OH excluding ortho intramolecular Hbond substituents is 1. The van der Waals surface area contributed by atoms with Gasteiger partial charge in [0, 0.05) is 18.0 Å². The summed E-state index contributed by atoms with van der Waals surface area (Å²) < 4.78 is 5.14. The molecule has 0 spiro atoms. The second-order valence-electron chi connectivity index (χ2n) is 4.06. The summed E-state index contributed by atoms with van der Waals surface area (Å²) in [6.07, 6.45) is 3.37. The molecule has 0 fully saturated rings. The summed E-state index contributed by atoms with van der Waals surface area (Å²) in [6, 6.07) is 6.60. The predicted molar refractivity (Wildman–Crippen MR) is 67.2 cm³/mol. The lowest BCUT2D eigenvalue weighted by Crippen LogP contribution is -1.90. The van der Waals surface area contributed by atoms with Crippen LogP contribution in [0.3, 0.4) is 0 Å². The first-order valence-electron chi connectivity index (χ1n) is 5.64. The Morgan fingerprint density at radius 1 is 1.11 bits per heavy atom. The average Bonchev–Trinajstić information content (AvgIpc) is 2.89. The van der Waals surface area contributed by atoms with E-state index >= 15 is 0 Å². The third kappa shape index (κ3) is 2.28. The van der Waals surface area contributed by atoms with Gasteiger partial charge in [0.05, 0.1) is 0 Å². The number of aromatic hydroxyl groups is 1. The largest absolute Gasteiger partial charge is 0.508 e. The van der Waals surface area contributed by atoms with Crippen molar-refractivity contribution in [2.24, 2.45) is 0 Å². The smallest absolute Gasteiger partial charge is 0.258 e. The van der Waals surface area contributed by atoms with Crippen LogP contribution in [0.1, 0.15) is 5.56 Å². The zero-order valence-corrected chi connectivity index (χ0v) is 10.1. The molecule has 0 amide bonds. The van der Waals surface area contributed by atoms with Crippen LogP contribution in [0.5, 0.6) is 5.75 Å². The quantitative estimate of drug-likeness (QED) is 0.754. The second-order valence-corrected chi connectivity index (χ2v) is 4.06. The van der Waals surface area contributed by atoms with Gasteiger partial charge in [-0.05, 0) is 30.7 Å². The van der Waals surface area contributed by atoms with Crippen molar-refractivity contribution in [3.63, 3.8) is 0 Å². The fourth-order valence-corrected chi connectivity index (χ4v) is 1.58. The van der Waals surface area contributed by atoms with Crippen LogP contribution in [0, 0.1) is 6.92 Å². The fraction of sp³-hybridized carbons (Fsp3) is 0.0769. The van der Waals surface area contributed by atoms with E-state index in [1.807, 2.05) is 6.92 Å². The highest BCUT2D eigenvalue weighted by molar-refractivity contribution is 5.57. The van der Waals surface area contributed by atoms with Gasteiger partial charge < -0.3 is 9.63 Å². The Bertz CT molecular complexity index is 707. The van der Waals surface area contributed by atoms with Gasteiger partial charge in [0.1, 0.15) is 5.75 Å². The first kappa shape index (κ1) is 11.3. The molecule has 0 radical (unpaired) electrons. The molecule has 2 heterocycles. The highest BCUT2D eigenvalue weighted by Crippen LogP contribution is 2.23. The summed E-state index contributed by atoms with van der Waals surface area (Å²) in [5.74, 6) is 1.18. The van der Waals surface area contributed by atoms with Gasteiger partial charge in [0.15, 0.2) is 0 Å². The van der Waals surface area contributed by atoms with Gasteiger partial charge in [-0.3, -0.25) is 0 Å². The van der Waals surface area contributed by atoms with Crippen LogP contribution in [0.2, 0.25) is 0 Å². The summed E-state index contributed by atoms with van der Waals surface area (Å²) in [7, 11) is 0. The first-order chi connectivity index (χ1) is 9.22. The number of hydrogen-bond acceptors (Lipinski definition) is 6. The summed E-state index contributed by atoms with van der Waals surface area (Å²) in [6.45, 7) is 1.90. The van der Waals surface area contributed by atoms with Crippen molar-refractivity contribution in [3.05, 3.63) is 42.2 Å². The zero-order valence-electron chi connectivity index (χ0n) is 10.1. The van der Waals surface area contributed by atoms with E-state index in [4.69, 9.17) is 4.52 Å². The predicted octanol–water partition coefficient (Wildman–Crippen LogP) is 2.21. The van der Waals surface area contributed by atoms with Crippen molar-refractivity contribution in [3.8, 4) is 28.9 Å². The van der Waals surface area contributed by atoms with Crippen molar-refractivity contribution in [1.29, 1.82) is 0 Å². The van der Waals surface area contributed by atoms with Gasteiger partial charge in [-0.15, -0.1) is 0 Å². The Labute approximate surface area is 108 Å². The Morgan fingerprint density at radius 2 is 1.89 bits per heavy atom. The molecule has 94 valence electrons.